The van der Waals surface area contributed by atoms with Gasteiger partial charge in [0.1, 0.15) is 0 Å². The molecule has 3 unspecified atom stereocenters. The Morgan fingerprint density at radius 2 is 1.79 bits per heavy atom. The smallest absolute Gasteiger partial charge is 0.0471 e. The molecule has 0 saturated carbocycles. The van der Waals surface area contributed by atoms with Crippen molar-refractivity contribution in [2.24, 2.45) is 17.6 Å². The first-order valence-corrected chi connectivity index (χ1v) is 5.46. The molecule has 0 spiro atoms. The predicted molar refractivity (Wildman–Crippen MR) is 61.1 cm³/mol. The fourth-order valence-electron chi connectivity index (χ4n) is 1.28. The average Bonchev–Trinajstić information content (AvgIpc) is 2.15. The minimum absolute atomic E-state index is 0.0388. The Hall–Kier alpha value is -0.120. The summed E-state index contributed by atoms with van der Waals surface area (Å²) in [5.74, 6) is 0.750. The van der Waals surface area contributed by atoms with E-state index in [1.54, 1.807) is 0 Å². The van der Waals surface area contributed by atoms with Crippen LogP contribution in [0.1, 0.15) is 34.6 Å². The quantitative estimate of drug-likeness (QED) is 0.601. The van der Waals surface area contributed by atoms with E-state index < -0.39 is 0 Å². The van der Waals surface area contributed by atoms with Gasteiger partial charge >= 0.3 is 0 Å². The zero-order valence-corrected chi connectivity index (χ0v) is 10.2. The number of aliphatic hydroxyl groups excluding tert-OH is 1. The van der Waals surface area contributed by atoms with Crippen molar-refractivity contribution in [2.45, 2.75) is 46.2 Å². The van der Waals surface area contributed by atoms with Crippen molar-refractivity contribution in [3.8, 4) is 0 Å². The first-order chi connectivity index (χ1) is 6.37. The zero-order valence-electron chi connectivity index (χ0n) is 10.2. The van der Waals surface area contributed by atoms with Gasteiger partial charge in [-0.15, -0.1) is 0 Å². The normalized spacial score (nSPS) is 20.6. The second-order valence-corrected chi connectivity index (χ2v) is 4.87. The standard InChI is InChI=1S/C11H26N2O/c1-8(2)11(5,7-12)13-10(4)9(3)6-14/h8-10,13-14H,6-7,12H2,1-5H3. The Morgan fingerprint density at radius 1 is 1.29 bits per heavy atom. The maximum atomic E-state index is 9.04. The topological polar surface area (TPSA) is 58.3 Å². The molecule has 4 N–H and O–H groups in total. The van der Waals surface area contributed by atoms with Gasteiger partial charge in [-0.1, -0.05) is 20.8 Å². The Bertz CT molecular complexity index is 161. The molecule has 0 aliphatic rings. The fourth-order valence-corrected chi connectivity index (χ4v) is 1.28. The van der Waals surface area contributed by atoms with Crippen LogP contribution in [0.5, 0.6) is 0 Å². The van der Waals surface area contributed by atoms with Gasteiger partial charge in [-0.3, -0.25) is 0 Å². The summed E-state index contributed by atoms with van der Waals surface area (Å²) in [4.78, 5) is 0. The molecule has 0 aliphatic heterocycles. The molecule has 3 nitrogen and oxygen atoms in total. The molecule has 0 aromatic carbocycles. The maximum absolute atomic E-state index is 9.04. The van der Waals surface area contributed by atoms with Crippen LogP contribution in [-0.4, -0.2) is 29.8 Å². The molecule has 14 heavy (non-hydrogen) atoms. The number of rotatable bonds is 6. The lowest BCUT2D eigenvalue weighted by Crippen LogP contribution is -2.57. The van der Waals surface area contributed by atoms with Crippen LogP contribution in [0, 0.1) is 11.8 Å². The molecule has 0 aliphatic carbocycles. The lowest BCUT2D eigenvalue weighted by molar-refractivity contribution is 0.166. The third kappa shape index (κ3) is 3.56. The monoisotopic (exact) mass is 202 g/mol. The molecule has 3 atom stereocenters. The minimum atomic E-state index is -0.0388. The third-order valence-corrected chi connectivity index (χ3v) is 3.40. The lowest BCUT2D eigenvalue weighted by atomic mass is 9.86. The average molecular weight is 202 g/mol. The SMILES string of the molecule is CC(CO)C(C)NC(C)(CN)C(C)C. The molecule has 0 amide bonds. The van der Waals surface area contributed by atoms with Crippen molar-refractivity contribution in [1.29, 1.82) is 0 Å². The lowest BCUT2D eigenvalue weighted by Gasteiger charge is -2.38. The van der Waals surface area contributed by atoms with Crippen LogP contribution in [0.3, 0.4) is 0 Å². The number of aliphatic hydroxyl groups is 1. The highest BCUT2D eigenvalue weighted by molar-refractivity contribution is 4.90. The summed E-state index contributed by atoms with van der Waals surface area (Å²) >= 11 is 0. The summed E-state index contributed by atoms with van der Waals surface area (Å²) in [5, 5.41) is 12.6. The van der Waals surface area contributed by atoms with E-state index in [1.165, 1.54) is 0 Å². The molecule has 86 valence electrons. The van der Waals surface area contributed by atoms with Crippen LogP contribution in [0.25, 0.3) is 0 Å². The Morgan fingerprint density at radius 3 is 2.07 bits per heavy atom. The summed E-state index contributed by atoms with van der Waals surface area (Å²) in [6, 6.07) is 0.288. The highest BCUT2D eigenvalue weighted by atomic mass is 16.3. The molecule has 0 aromatic rings. The highest BCUT2D eigenvalue weighted by Crippen LogP contribution is 2.17. The van der Waals surface area contributed by atoms with Crippen molar-refractivity contribution < 1.29 is 5.11 Å². The zero-order chi connectivity index (χ0) is 11.4. The van der Waals surface area contributed by atoms with Gasteiger partial charge in [-0.25, -0.2) is 0 Å². The number of nitrogens with two attached hydrogens (primary N) is 1. The summed E-state index contributed by atoms with van der Waals surface area (Å²) in [6.07, 6.45) is 0. The molecule has 0 aromatic heterocycles. The molecular weight excluding hydrogens is 176 g/mol. The Kier molecular flexibility index (Phi) is 5.64. The van der Waals surface area contributed by atoms with Gasteiger partial charge in [0.05, 0.1) is 0 Å². The molecule has 0 fully saturated rings. The predicted octanol–water partition coefficient (Wildman–Crippen LogP) is 0.966. The van der Waals surface area contributed by atoms with Crippen LogP contribution in [0.2, 0.25) is 0 Å². The molecule has 0 radical (unpaired) electrons. The second-order valence-electron chi connectivity index (χ2n) is 4.87. The number of hydrogen-bond acceptors (Lipinski definition) is 3. The summed E-state index contributed by atoms with van der Waals surface area (Å²) in [7, 11) is 0. The van der Waals surface area contributed by atoms with Crippen molar-refractivity contribution in [3.05, 3.63) is 0 Å². The Labute approximate surface area is 88.1 Å². The fraction of sp³-hybridized carbons (Fsp3) is 1.00. The van der Waals surface area contributed by atoms with Crippen LogP contribution >= 0.6 is 0 Å². The number of nitrogens with one attached hydrogen (secondary N) is 1. The van der Waals surface area contributed by atoms with Gasteiger partial charge in [0.25, 0.3) is 0 Å². The van der Waals surface area contributed by atoms with Crippen molar-refractivity contribution in [2.75, 3.05) is 13.2 Å². The van der Waals surface area contributed by atoms with Crippen LogP contribution in [0.4, 0.5) is 0 Å². The summed E-state index contributed by atoms with van der Waals surface area (Å²) in [5.41, 5.74) is 5.73. The molecule has 0 saturated heterocycles. The van der Waals surface area contributed by atoms with Gasteiger partial charge in [0.15, 0.2) is 0 Å². The largest absolute Gasteiger partial charge is 0.396 e. The van der Waals surface area contributed by atoms with E-state index in [0.717, 1.165) is 0 Å². The molecule has 0 heterocycles. The minimum Gasteiger partial charge on any atom is -0.396 e. The van der Waals surface area contributed by atoms with Crippen molar-refractivity contribution in [1.82, 2.24) is 5.32 Å². The van der Waals surface area contributed by atoms with Crippen LogP contribution in [0.15, 0.2) is 0 Å². The van der Waals surface area contributed by atoms with Gasteiger partial charge in [-0.2, -0.15) is 0 Å². The van der Waals surface area contributed by atoms with E-state index in [4.69, 9.17) is 10.8 Å². The van der Waals surface area contributed by atoms with Gasteiger partial charge < -0.3 is 16.2 Å². The highest BCUT2D eigenvalue weighted by Gasteiger charge is 2.29. The van der Waals surface area contributed by atoms with E-state index in [-0.39, 0.29) is 24.1 Å². The summed E-state index contributed by atoms with van der Waals surface area (Å²) < 4.78 is 0. The van der Waals surface area contributed by atoms with E-state index in [9.17, 15) is 0 Å². The van der Waals surface area contributed by atoms with E-state index >= 15 is 0 Å². The first-order valence-electron chi connectivity index (χ1n) is 5.46. The molecule has 0 bridgehead atoms. The maximum Gasteiger partial charge on any atom is 0.0471 e. The number of hydrogen-bond donors (Lipinski definition) is 3. The van der Waals surface area contributed by atoms with Gasteiger partial charge in [0.2, 0.25) is 0 Å². The van der Waals surface area contributed by atoms with Gasteiger partial charge in [-0.05, 0) is 25.7 Å². The Balaban J connectivity index is 4.31. The second kappa shape index (κ2) is 5.69. The molecule has 3 heteroatoms. The summed E-state index contributed by atoms with van der Waals surface area (Å²) in [6.45, 7) is 11.4. The third-order valence-electron chi connectivity index (χ3n) is 3.40. The van der Waals surface area contributed by atoms with E-state index in [2.05, 4.69) is 33.0 Å². The van der Waals surface area contributed by atoms with E-state index in [1.807, 2.05) is 6.92 Å². The molecule has 0 rings (SSSR count). The van der Waals surface area contributed by atoms with E-state index in [0.29, 0.717) is 12.5 Å². The van der Waals surface area contributed by atoms with Crippen molar-refractivity contribution in [3.63, 3.8) is 0 Å². The van der Waals surface area contributed by atoms with Crippen LogP contribution < -0.4 is 11.1 Å². The van der Waals surface area contributed by atoms with Crippen molar-refractivity contribution >= 4 is 0 Å². The van der Waals surface area contributed by atoms with Crippen LogP contribution in [-0.2, 0) is 0 Å². The van der Waals surface area contributed by atoms with Gasteiger partial charge in [0, 0.05) is 24.7 Å². The first kappa shape index (κ1) is 13.9. The molecular formula is C11H26N2O.